The quantitative estimate of drug-likeness (QED) is 0.0267. The van der Waals surface area contributed by atoms with Gasteiger partial charge in [0.25, 0.3) is 0 Å². The first-order valence-electron chi connectivity index (χ1n) is 23.3. The van der Waals surface area contributed by atoms with Crippen molar-refractivity contribution in [3.05, 3.63) is 24.3 Å². The topological polar surface area (TPSA) is 134 Å². The number of esters is 2. The van der Waals surface area contributed by atoms with Crippen molar-refractivity contribution in [1.29, 1.82) is 0 Å². The molecule has 1 unspecified atom stereocenters. The minimum Gasteiger partial charge on any atom is -0.462 e. The van der Waals surface area contributed by atoms with Gasteiger partial charge in [-0.25, -0.2) is 4.57 Å². The molecule has 0 bridgehead atoms. The van der Waals surface area contributed by atoms with Crippen molar-refractivity contribution >= 4 is 19.8 Å². The second-order valence-corrected chi connectivity index (χ2v) is 17.1. The zero-order valence-corrected chi connectivity index (χ0v) is 37.3. The first-order chi connectivity index (χ1) is 27.3. The Kier molecular flexibility index (Phi) is 41.9. The lowest BCUT2D eigenvalue weighted by molar-refractivity contribution is -0.161. The predicted molar refractivity (Wildman–Crippen MR) is 234 cm³/mol. The van der Waals surface area contributed by atoms with E-state index in [1.165, 1.54) is 154 Å². The average molecular weight is 814 g/mol. The van der Waals surface area contributed by atoms with Crippen molar-refractivity contribution in [2.24, 2.45) is 5.73 Å². The summed E-state index contributed by atoms with van der Waals surface area (Å²) in [6, 6.07) is 0. The van der Waals surface area contributed by atoms with E-state index in [0.717, 1.165) is 38.5 Å². The van der Waals surface area contributed by atoms with Gasteiger partial charge in [-0.1, -0.05) is 199 Å². The number of phosphoric acid groups is 1. The molecule has 330 valence electrons. The van der Waals surface area contributed by atoms with Crippen LogP contribution in [-0.2, 0) is 32.7 Å². The number of carbonyl (C=O) groups excluding carboxylic acids is 2. The first kappa shape index (κ1) is 54.5. The van der Waals surface area contributed by atoms with Crippen LogP contribution in [-0.4, -0.2) is 49.3 Å². The normalized spacial score (nSPS) is 13.4. The summed E-state index contributed by atoms with van der Waals surface area (Å²) in [5.74, 6) is -0.871. The summed E-state index contributed by atoms with van der Waals surface area (Å²) in [5.41, 5.74) is 5.35. The average Bonchev–Trinajstić information content (AvgIpc) is 3.18. The SMILES string of the molecule is CCCCCCCCCCC/C=C/C/C=C/CCCC(=O)O[C@H](COC(=O)CCCCCCCCCCCCCCCCCCCC)COP(=O)(O)OCCN. The Morgan fingerprint density at radius 1 is 0.536 bits per heavy atom. The molecular formula is C46H88NO8P. The van der Waals surface area contributed by atoms with Crippen LogP contribution in [0.15, 0.2) is 24.3 Å². The molecule has 9 nitrogen and oxygen atoms in total. The highest BCUT2D eigenvalue weighted by Gasteiger charge is 2.26. The third-order valence-corrected chi connectivity index (χ3v) is 11.1. The molecule has 0 aromatic rings. The minimum atomic E-state index is -4.39. The highest BCUT2D eigenvalue weighted by molar-refractivity contribution is 7.47. The third kappa shape index (κ3) is 42.1. The van der Waals surface area contributed by atoms with Gasteiger partial charge in [-0.2, -0.15) is 0 Å². The Labute approximate surface area is 344 Å². The lowest BCUT2D eigenvalue weighted by atomic mass is 10.0. The van der Waals surface area contributed by atoms with E-state index in [2.05, 4.69) is 38.2 Å². The summed E-state index contributed by atoms with van der Waals surface area (Å²) in [4.78, 5) is 34.9. The van der Waals surface area contributed by atoms with Gasteiger partial charge in [0.2, 0.25) is 0 Å². The molecule has 0 aromatic heterocycles. The van der Waals surface area contributed by atoms with Gasteiger partial charge in [0, 0.05) is 19.4 Å². The second-order valence-electron chi connectivity index (χ2n) is 15.6. The molecule has 0 fully saturated rings. The summed E-state index contributed by atoms with van der Waals surface area (Å²) < 4.78 is 32.8. The van der Waals surface area contributed by atoms with E-state index in [1.807, 2.05) is 0 Å². The molecule has 0 aliphatic heterocycles. The summed E-state index contributed by atoms with van der Waals surface area (Å²) in [7, 11) is -4.39. The monoisotopic (exact) mass is 814 g/mol. The summed E-state index contributed by atoms with van der Waals surface area (Å²) in [6.07, 6.45) is 46.5. The molecule has 0 rings (SSSR count). The number of hydrogen-bond acceptors (Lipinski definition) is 8. The van der Waals surface area contributed by atoms with Crippen LogP contribution in [0.1, 0.15) is 226 Å². The van der Waals surface area contributed by atoms with Crippen LogP contribution in [0.3, 0.4) is 0 Å². The minimum absolute atomic E-state index is 0.0491. The lowest BCUT2D eigenvalue weighted by Gasteiger charge is -2.19. The van der Waals surface area contributed by atoms with Gasteiger partial charge in [0.15, 0.2) is 6.10 Å². The fourth-order valence-electron chi connectivity index (χ4n) is 6.62. The fourth-order valence-corrected chi connectivity index (χ4v) is 7.38. The smallest absolute Gasteiger partial charge is 0.462 e. The number of allylic oxidation sites excluding steroid dienone is 4. The molecular weight excluding hydrogens is 725 g/mol. The Hall–Kier alpha value is -1.51. The number of nitrogens with two attached hydrogens (primary N) is 1. The van der Waals surface area contributed by atoms with Crippen molar-refractivity contribution in [1.82, 2.24) is 0 Å². The van der Waals surface area contributed by atoms with Gasteiger partial charge in [-0.15, -0.1) is 0 Å². The molecule has 0 saturated carbocycles. The van der Waals surface area contributed by atoms with E-state index in [-0.39, 0.29) is 38.6 Å². The first-order valence-corrected chi connectivity index (χ1v) is 24.8. The van der Waals surface area contributed by atoms with Crippen molar-refractivity contribution in [3.8, 4) is 0 Å². The molecule has 2 atom stereocenters. The van der Waals surface area contributed by atoms with E-state index < -0.39 is 26.5 Å². The van der Waals surface area contributed by atoms with Gasteiger partial charge < -0.3 is 20.1 Å². The van der Waals surface area contributed by atoms with Gasteiger partial charge in [-0.05, 0) is 38.5 Å². The molecule has 0 saturated heterocycles. The Morgan fingerprint density at radius 2 is 0.946 bits per heavy atom. The van der Waals surface area contributed by atoms with Crippen molar-refractivity contribution in [2.45, 2.75) is 232 Å². The maximum Gasteiger partial charge on any atom is 0.472 e. The molecule has 3 N–H and O–H groups in total. The molecule has 0 aliphatic rings. The molecule has 0 radical (unpaired) electrons. The highest BCUT2D eigenvalue weighted by atomic mass is 31.2. The summed E-state index contributed by atoms with van der Waals surface area (Å²) in [5, 5.41) is 0. The third-order valence-electron chi connectivity index (χ3n) is 10.1. The molecule has 56 heavy (non-hydrogen) atoms. The van der Waals surface area contributed by atoms with Gasteiger partial charge in [-0.3, -0.25) is 18.6 Å². The van der Waals surface area contributed by atoms with Crippen LogP contribution in [0, 0.1) is 0 Å². The van der Waals surface area contributed by atoms with Gasteiger partial charge >= 0.3 is 19.8 Å². The Bertz CT molecular complexity index is 975. The largest absolute Gasteiger partial charge is 0.472 e. The van der Waals surface area contributed by atoms with Gasteiger partial charge in [0.1, 0.15) is 6.61 Å². The van der Waals surface area contributed by atoms with Crippen LogP contribution in [0.2, 0.25) is 0 Å². The number of ether oxygens (including phenoxy) is 2. The number of hydrogen-bond donors (Lipinski definition) is 2. The van der Waals surface area contributed by atoms with Gasteiger partial charge in [0.05, 0.1) is 13.2 Å². The zero-order chi connectivity index (χ0) is 41.1. The zero-order valence-electron chi connectivity index (χ0n) is 36.4. The van der Waals surface area contributed by atoms with E-state index >= 15 is 0 Å². The lowest BCUT2D eigenvalue weighted by Crippen LogP contribution is -2.29. The molecule has 10 heteroatoms. The number of rotatable bonds is 44. The highest BCUT2D eigenvalue weighted by Crippen LogP contribution is 2.43. The predicted octanol–water partition coefficient (Wildman–Crippen LogP) is 13.6. The van der Waals surface area contributed by atoms with Crippen LogP contribution < -0.4 is 5.73 Å². The second kappa shape index (κ2) is 43.1. The van der Waals surface area contributed by atoms with E-state index in [4.69, 9.17) is 24.3 Å². The standard InChI is InChI=1S/C46H88NO8P/c1-3-5-7-9-11-13-15-17-19-21-23-24-26-28-30-32-34-36-38-45(48)52-42-44(43-54-56(50,51)53-41-40-47)55-46(49)39-37-35-33-31-29-27-25-22-20-18-16-14-12-10-8-6-4-2/h25,27,31,33,44H,3-24,26,28-30,32,34-43,47H2,1-2H3,(H,50,51)/b27-25+,33-31+/t44-/m1/s1. The molecule has 0 spiro atoms. The number of unbranched alkanes of at least 4 members (excludes halogenated alkanes) is 27. The van der Waals surface area contributed by atoms with Crippen LogP contribution in [0.4, 0.5) is 0 Å². The van der Waals surface area contributed by atoms with Crippen LogP contribution in [0.25, 0.3) is 0 Å². The number of phosphoric ester groups is 1. The Balaban J connectivity index is 4.14. The van der Waals surface area contributed by atoms with Crippen LogP contribution >= 0.6 is 7.82 Å². The number of carbonyl (C=O) groups is 2. The van der Waals surface area contributed by atoms with Crippen LogP contribution in [0.5, 0.6) is 0 Å². The van der Waals surface area contributed by atoms with E-state index in [9.17, 15) is 19.0 Å². The summed E-state index contributed by atoms with van der Waals surface area (Å²) >= 11 is 0. The van der Waals surface area contributed by atoms with Crippen molar-refractivity contribution in [2.75, 3.05) is 26.4 Å². The van der Waals surface area contributed by atoms with Crippen molar-refractivity contribution in [3.63, 3.8) is 0 Å². The van der Waals surface area contributed by atoms with Crippen molar-refractivity contribution < 1.29 is 37.6 Å². The molecule has 0 aromatic carbocycles. The molecule has 0 aliphatic carbocycles. The van der Waals surface area contributed by atoms with E-state index in [0.29, 0.717) is 6.42 Å². The summed E-state index contributed by atoms with van der Waals surface area (Å²) in [6.45, 7) is 3.72. The molecule has 0 amide bonds. The Morgan fingerprint density at radius 3 is 1.41 bits per heavy atom. The van der Waals surface area contributed by atoms with E-state index in [1.54, 1.807) is 0 Å². The maximum atomic E-state index is 12.6. The molecule has 0 heterocycles. The maximum absolute atomic E-state index is 12.6. The fraction of sp³-hybridized carbons (Fsp3) is 0.870.